The van der Waals surface area contributed by atoms with Crippen molar-refractivity contribution in [3.8, 4) is 0 Å². The molecule has 1 fully saturated rings. The molecule has 0 unspecified atom stereocenters. The molecule has 3 aromatic carbocycles. The Morgan fingerprint density at radius 1 is 0.667 bits per heavy atom. The molecule has 3 aromatic rings. The number of aliphatic hydroxyl groups is 2. The lowest BCUT2D eigenvalue weighted by molar-refractivity contribution is -0.325. The highest BCUT2D eigenvalue weighted by atomic mass is 16.7. The Hall–Kier alpha value is -2.62. The number of rotatable bonds is 12. The summed E-state index contributed by atoms with van der Waals surface area (Å²) in [5.74, 6) is 0. The Morgan fingerprint density at radius 2 is 1.08 bits per heavy atom. The van der Waals surface area contributed by atoms with Crippen LogP contribution in [0.25, 0.3) is 0 Å². The van der Waals surface area contributed by atoms with Crippen LogP contribution in [0.1, 0.15) is 16.7 Å². The van der Waals surface area contributed by atoms with Gasteiger partial charge in [0.25, 0.3) is 0 Å². The molecule has 36 heavy (non-hydrogen) atoms. The minimum Gasteiger partial charge on any atom is -0.388 e. The van der Waals surface area contributed by atoms with Gasteiger partial charge in [0.05, 0.1) is 26.4 Å². The maximum Gasteiger partial charge on any atom is 0.184 e. The Morgan fingerprint density at radius 3 is 1.53 bits per heavy atom. The smallest absolute Gasteiger partial charge is 0.184 e. The SMILES string of the molecule is COC[C@H](O)[C@H]1O[C@H](O)[C@H](OCc2ccccc2)[C@@H](OCc2ccccc2)[C@@H]1OCc1ccccc1. The van der Waals surface area contributed by atoms with Crippen molar-refractivity contribution in [2.75, 3.05) is 13.7 Å². The number of hydrogen-bond acceptors (Lipinski definition) is 7. The van der Waals surface area contributed by atoms with Gasteiger partial charge in [-0.2, -0.15) is 0 Å². The zero-order valence-electron chi connectivity index (χ0n) is 20.4. The summed E-state index contributed by atoms with van der Waals surface area (Å²) in [5, 5.41) is 21.8. The third-order valence-corrected chi connectivity index (χ3v) is 6.12. The van der Waals surface area contributed by atoms with Gasteiger partial charge in [-0.1, -0.05) is 91.0 Å². The van der Waals surface area contributed by atoms with Gasteiger partial charge in [-0.05, 0) is 16.7 Å². The normalized spacial score (nSPS) is 24.9. The minimum atomic E-state index is -1.33. The molecule has 0 amide bonds. The van der Waals surface area contributed by atoms with E-state index < -0.39 is 36.8 Å². The molecule has 1 aliphatic rings. The first kappa shape index (κ1) is 26.4. The highest BCUT2D eigenvalue weighted by molar-refractivity contribution is 5.15. The van der Waals surface area contributed by atoms with Gasteiger partial charge in [0, 0.05) is 7.11 Å². The average Bonchev–Trinajstić information content (AvgIpc) is 2.92. The average molecular weight is 495 g/mol. The summed E-state index contributed by atoms with van der Waals surface area (Å²) in [4.78, 5) is 0. The van der Waals surface area contributed by atoms with Crippen LogP contribution in [0.2, 0.25) is 0 Å². The van der Waals surface area contributed by atoms with Crippen molar-refractivity contribution in [2.24, 2.45) is 0 Å². The van der Waals surface area contributed by atoms with Gasteiger partial charge in [-0.25, -0.2) is 0 Å². The molecule has 6 atom stereocenters. The lowest BCUT2D eigenvalue weighted by Gasteiger charge is -2.45. The first-order valence-electron chi connectivity index (χ1n) is 12.1. The van der Waals surface area contributed by atoms with Crippen LogP contribution in [0, 0.1) is 0 Å². The minimum absolute atomic E-state index is 0.0174. The Bertz CT molecular complexity index is 1000. The molecule has 0 spiro atoms. The van der Waals surface area contributed by atoms with E-state index in [1.54, 1.807) is 0 Å². The van der Waals surface area contributed by atoms with Crippen molar-refractivity contribution in [1.82, 2.24) is 0 Å². The van der Waals surface area contributed by atoms with Crippen molar-refractivity contribution in [2.45, 2.75) is 56.6 Å². The molecular formula is C29H34O7. The molecule has 1 saturated heterocycles. The molecule has 0 aromatic heterocycles. The molecule has 0 bridgehead atoms. The molecule has 7 nitrogen and oxygen atoms in total. The summed E-state index contributed by atoms with van der Waals surface area (Å²) in [6.07, 6.45) is -5.56. The lowest BCUT2D eigenvalue weighted by Crippen LogP contribution is -2.63. The van der Waals surface area contributed by atoms with E-state index in [4.69, 9.17) is 23.7 Å². The van der Waals surface area contributed by atoms with E-state index in [1.165, 1.54) is 7.11 Å². The van der Waals surface area contributed by atoms with Crippen LogP contribution in [-0.4, -0.2) is 60.7 Å². The zero-order valence-corrected chi connectivity index (χ0v) is 20.4. The molecule has 0 saturated carbocycles. The van der Waals surface area contributed by atoms with Gasteiger partial charge in [0.2, 0.25) is 0 Å². The second-order valence-electron chi connectivity index (χ2n) is 8.80. The quantitative estimate of drug-likeness (QED) is 0.399. The van der Waals surface area contributed by atoms with Crippen LogP contribution in [0.15, 0.2) is 91.0 Å². The third-order valence-electron chi connectivity index (χ3n) is 6.12. The van der Waals surface area contributed by atoms with Gasteiger partial charge >= 0.3 is 0 Å². The van der Waals surface area contributed by atoms with Crippen molar-refractivity contribution in [3.63, 3.8) is 0 Å². The molecular weight excluding hydrogens is 460 g/mol. The largest absolute Gasteiger partial charge is 0.388 e. The lowest BCUT2D eigenvalue weighted by atomic mass is 9.94. The number of benzene rings is 3. The summed E-state index contributed by atoms with van der Waals surface area (Å²) < 4.78 is 29.9. The van der Waals surface area contributed by atoms with E-state index in [-0.39, 0.29) is 26.4 Å². The van der Waals surface area contributed by atoms with E-state index >= 15 is 0 Å². The van der Waals surface area contributed by atoms with E-state index in [0.717, 1.165) is 16.7 Å². The number of hydrogen-bond donors (Lipinski definition) is 2. The molecule has 192 valence electrons. The highest BCUT2D eigenvalue weighted by Gasteiger charge is 2.50. The van der Waals surface area contributed by atoms with Crippen LogP contribution >= 0.6 is 0 Å². The molecule has 2 N–H and O–H groups in total. The molecule has 4 rings (SSSR count). The highest BCUT2D eigenvalue weighted by Crippen LogP contribution is 2.31. The summed E-state index contributed by atoms with van der Waals surface area (Å²) in [6.45, 7) is 0.830. The maximum absolute atomic E-state index is 11.0. The van der Waals surface area contributed by atoms with Crippen LogP contribution < -0.4 is 0 Å². The Balaban J connectivity index is 1.59. The Kier molecular flexibility index (Phi) is 10.0. The van der Waals surface area contributed by atoms with Crippen molar-refractivity contribution in [3.05, 3.63) is 108 Å². The number of methoxy groups -OCH3 is 1. The van der Waals surface area contributed by atoms with E-state index in [2.05, 4.69) is 0 Å². The topological polar surface area (TPSA) is 86.6 Å². The van der Waals surface area contributed by atoms with Gasteiger partial charge in [-0.3, -0.25) is 0 Å². The van der Waals surface area contributed by atoms with E-state index in [9.17, 15) is 10.2 Å². The monoisotopic (exact) mass is 494 g/mol. The fourth-order valence-electron chi connectivity index (χ4n) is 4.28. The first-order chi connectivity index (χ1) is 17.7. The fraction of sp³-hybridized carbons (Fsp3) is 0.379. The molecule has 0 aliphatic carbocycles. The number of ether oxygens (including phenoxy) is 5. The second kappa shape index (κ2) is 13.6. The van der Waals surface area contributed by atoms with Crippen LogP contribution in [0.3, 0.4) is 0 Å². The van der Waals surface area contributed by atoms with Crippen LogP contribution in [0.4, 0.5) is 0 Å². The zero-order chi connectivity index (χ0) is 25.2. The van der Waals surface area contributed by atoms with E-state index in [1.807, 2.05) is 91.0 Å². The fourth-order valence-corrected chi connectivity index (χ4v) is 4.28. The number of aliphatic hydroxyl groups excluding tert-OH is 2. The molecule has 1 aliphatic heterocycles. The predicted octanol–water partition coefficient (Wildman–Crippen LogP) is 3.47. The van der Waals surface area contributed by atoms with Crippen molar-refractivity contribution < 1.29 is 33.9 Å². The van der Waals surface area contributed by atoms with Gasteiger partial charge in [0.1, 0.15) is 30.5 Å². The molecule has 0 radical (unpaired) electrons. The van der Waals surface area contributed by atoms with Gasteiger partial charge in [-0.15, -0.1) is 0 Å². The second-order valence-corrected chi connectivity index (χ2v) is 8.80. The summed E-state index contributed by atoms with van der Waals surface area (Å²) in [7, 11) is 1.50. The van der Waals surface area contributed by atoms with Gasteiger partial charge in [0.15, 0.2) is 6.29 Å². The standard InChI is InChI=1S/C29H34O7/c1-32-20-24(30)25-26(33-17-21-11-5-2-6-12-21)27(34-18-22-13-7-3-8-14-22)28(29(31)36-25)35-19-23-15-9-4-10-16-23/h2-16,24-31H,17-20H2,1H3/t24-,25+,26+,27-,28+,29-/m0/s1. The first-order valence-corrected chi connectivity index (χ1v) is 12.1. The molecule has 7 heteroatoms. The van der Waals surface area contributed by atoms with Gasteiger partial charge < -0.3 is 33.9 Å². The summed E-state index contributed by atoms with van der Waals surface area (Å²) in [5.41, 5.74) is 2.89. The van der Waals surface area contributed by atoms with E-state index in [0.29, 0.717) is 0 Å². The maximum atomic E-state index is 11.0. The van der Waals surface area contributed by atoms with Crippen molar-refractivity contribution >= 4 is 0 Å². The summed E-state index contributed by atoms with van der Waals surface area (Å²) in [6, 6.07) is 29.2. The van der Waals surface area contributed by atoms with Crippen LogP contribution in [0.5, 0.6) is 0 Å². The third kappa shape index (κ3) is 7.21. The predicted molar refractivity (Wildman–Crippen MR) is 134 cm³/mol. The van der Waals surface area contributed by atoms with Crippen LogP contribution in [-0.2, 0) is 43.5 Å². The Labute approximate surface area is 212 Å². The summed E-state index contributed by atoms with van der Waals surface area (Å²) >= 11 is 0. The van der Waals surface area contributed by atoms with Crippen molar-refractivity contribution in [1.29, 1.82) is 0 Å². The molecule has 1 heterocycles.